The van der Waals surface area contributed by atoms with Crippen molar-refractivity contribution in [1.29, 1.82) is 0 Å². The molecule has 1 aromatic heterocycles. The zero-order chi connectivity index (χ0) is 18.3. The van der Waals surface area contributed by atoms with Crippen molar-refractivity contribution in [3.05, 3.63) is 52.8 Å². The number of hydrogen-bond acceptors (Lipinski definition) is 3. The number of rotatable bonds is 5. The molecule has 5 heteroatoms. The highest BCUT2D eigenvalue weighted by Crippen LogP contribution is 2.32. The van der Waals surface area contributed by atoms with Gasteiger partial charge in [0.25, 0.3) is 0 Å². The summed E-state index contributed by atoms with van der Waals surface area (Å²) < 4.78 is 1.91. The number of amides is 1. The van der Waals surface area contributed by atoms with Crippen LogP contribution in [0.2, 0.25) is 0 Å². The first kappa shape index (κ1) is 17.3. The number of aryl methyl sites for hydroxylation is 2. The third-order valence-electron chi connectivity index (χ3n) is 6.15. The molecule has 0 spiro atoms. The molecule has 0 saturated carbocycles. The first-order valence-electron chi connectivity index (χ1n) is 9.59. The van der Waals surface area contributed by atoms with Crippen molar-refractivity contribution < 1.29 is 4.79 Å². The van der Waals surface area contributed by atoms with E-state index in [1.165, 1.54) is 16.8 Å². The smallest absolute Gasteiger partial charge is 0.223 e. The van der Waals surface area contributed by atoms with Crippen LogP contribution in [0.25, 0.3) is 0 Å². The van der Waals surface area contributed by atoms with Crippen LogP contribution in [-0.4, -0.2) is 50.7 Å². The van der Waals surface area contributed by atoms with E-state index in [9.17, 15) is 4.79 Å². The van der Waals surface area contributed by atoms with Gasteiger partial charge in [-0.25, -0.2) is 0 Å². The Morgan fingerprint density at radius 3 is 2.54 bits per heavy atom. The van der Waals surface area contributed by atoms with Gasteiger partial charge in [0, 0.05) is 50.9 Å². The quantitative estimate of drug-likeness (QED) is 0.830. The van der Waals surface area contributed by atoms with Crippen molar-refractivity contribution in [3.63, 3.8) is 0 Å². The number of fused-ring (bicyclic) bond motifs is 2. The first-order chi connectivity index (χ1) is 12.5. The Labute approximate surface area is 155 Å². The Morgan fingerprint density at radius 2 is 1.92 bits per heavy atom. The molecular formula is C21H28N4O. The molecule has 2 aliphatic heterocycles. The molecule has 0 radical (unpaired) electrons. The first-order valence-corrected chi connectivity index (χ1v) is 9.59. The number of aromatic nitrogens is 2. The van der Waals surface area contributed by atoms with Crippen LogP contribution in [0.3, 0.4) is 0 Å². The van der Waals surface area contributed by atoms with Crippen molar-refractivity contribution >= 4 is 5.91 Å². The predicted octanol–water partition coefficient (Wildman–Crippen LogP) is 2.45. The van der Waals surface area contributed by atoms with Crippen LogP contribution in [0.15, 0.2) is 30.3 Å². The van der Waals surface area contributed by atoms with Crippen molar-refractivity contribution in [2.45, 2.75) is 51.7 Å². The fourth-order valence-electron chi connectivity index (χ4n) is 4.62. The molecule has 3 heterocycles. The number of benzene rings is 1. The zero-order valence-electron chi connectivity index (χ0n) is 16.0. The Balaban J connectivity index is 1.33. The van der Waals surface area contributed by atoms with Gasteiger partial charge in [0.2, 0.25) is 5.91 Å². The SMILES string of the molecule is Cc1nn(C)c(C)c1CCC(=O)N1C[C@@H]2C[C@H]1CN2Cc1ccccc1. The van der Waals surface area contributed by atoms with Gasteiger partial charge in [-0.15, -0.1) is 0 Å². The average molecular weight is 352 g/mol. The minimum Gasteiger partial charge on any atom is -0.337 e. The molecule has 2 atom stereocenters. The molecule has 5 nitrogen and oxygen atoms in total. The maximum absolute atomic E-state index is 12.8. The standard InChI is InChI=1S/C21H28N4O/c1-15-20(16(2)23(3)22-15)9-10-21(26)25-14-18-11-19(25)13-24(18)12-17-7-5-4-6-8-17/h4-8,18-19H,9-14H2,1-3H3/t18-,19-/m0/s1. The lowest BCUT2D eigenvalue weighted by atomic mass is 10.1. The molecule has 4 rings (SSSR count). The summed E-state index contributed by atoms with van der Waals surface area (Å²) in [5, 5.41) is 4.46. The van der Waals surface area contributed by atoms with E-state index in [0.29, 0.717) is 24.4 Å². The van der Waals surface area contributed by atoms with Gasteiger partial charge in [-0.1, -0.05) is 30.3 Å². The summed E-state index contributed by atoms with van der Waals surface area (Å²) in [5.74, 6) is 0.305. The van der Waals surface area contributed by atoms with Crippen LogP contribution in [0.1, 0.15) is 35.4 Å². The van der Waals surface area contributed by atoms with E-state index in [2.05, 4.69) is 52.2 Å². The van der Waals surface area contributed by atoms with Crippen LogP contribution < -0.4 is 0 Å². The summed E-state index contributed by atoms with van der Waals surface area (Å²) in [7, 11) is 1.97. The van der Waals surface area contributed by atoms with Crippen molar-refractivity contribution in [3.8, 4) is 0 Å². The highest BCUT2D eigenvalue weighted by molar-refractivity contribution is 5.77. The molecule has 26 heavy (non-hydrogen) atoms. The van der Waals surface area contributed by atoms with E-state index in [4.69, 9.17) is 0 Å². The Morgan fingerprint density at radius 1 is 1.15 bits per heavy atom. The zero-order valence-corrected chi connectivity index (χ0v) is 16.0. The summed E-state index contributed by atoms with van der Waals surface area (Å²) in [4.78, 5) is 17.5. The predicted molar refractivity (Wildman–Crippen MR) is 102 cm³/mol. The van der Waals surface area contributed by atoms with Crippen LogP contribution >= 0.6 is 0 Å². The minimum atomic E-state index is 0.305. The number of carbonyl (C=O) groups excluding carboxylic acids is 1. The van der Waals surface area contributed by atoms with E-state index < -0.39 is 0 Å². The maximum atomic E-state index is 12.8. The molecule has 0 aliphatic carbocycles. The van der Waals surface area contributed by atoms with E-state index in [1.807, 2.05) is 18.7 Å². The number of likely N-dealkylation sites (tertiary alicyclic amines) is 2. The molecule has 1 amide bonds. The van der Waals surface area contributed by atoms with Gasteiger partial charge >= 0.3 is 0 Å². The molecule has 0 unspecified atom stereocenters. The molecule has 2 fully saturated rings. The number of hydrogen-bond donors (Lipinski definition) is 0. The molecule has 1 aromatic carbocycles. The van der Waals surface area contributed by atoms with Crippen LogP contribution in [-0.2, 0) is 24.8 Å². The lowest BCUT2D eigenvalue weighted by Crippen LogP contribution is -2.48. The van der Waals surface area contributed by atoms with E-state index >= 15 is 0 Å². The van der Waals surface area contributed by atoms with E-state index in [1.54, 1.807) is 0 Å². The van der Waals surface area contributed by atoms with E-state index in [-0.39, 0.29) is 0 Å². The van der Waals surface area contributed by atoms with Crippen LogP contribution in [0.5, 0.6) is 0 Å². The summed E-state index contributed by atoms with van der Waals surface area (Å²) in [6.45, 7) is 7.01. The number of piperazine rings is 1. The lowest BCUT2D eigenvalue weighted by molar-refractivity contribution is -0.133. The van der Waals surface area contributed by atoms with Crippen molar-refractivity contribution in [2.24, 2.45) is 7.05 Å². The molecule has 2 aromatic rings. The number of carbonyl (C=O) groups is 1. The van der Waals surface area contributed by atoms with Gasteiger partial charge in [-0.3, -0.25) is 14.4 Å². The minimum absolute atomic E-state index is 0.305. The normalized spacial score (nSPS) is 22.3. The molecule has 2 saturated heterocycles. The van der Waals surface area contributed by atoms with Gasteiger partial charge in [-0.05, 0) is 37.8 Å². The topological polar surface area (TPSA) is 41.4 Å². The van der Waals surface area contributed by atoms with Gasteiger partial charge in [0.1, 0.15) is 0 Å². The highest BCUT2D eigenvalue weighted by Gasteiger charge is 2.44. The van der Waals surface area contributed by atoms with Gasteiger partial charge < -0.3 is 4.90 Å². The molecule has 0 N–H and O–H groups in total. The van der Waals surface area contributed by atoms with E-state index in [0.717, 1.165) is 38.2 Å². The van der Waals surface area contributed by atoms with Gasteiger partial charge in [0.15, 0.2) is 0 Å². The average Bonchev–Trinajstić information content (AvgIpc) is 3.28. The molecule has 2 bridgehead atoms. The summed E-state index contributed by atoms with van der Waals surface area (Å²) >= 11 is 0. The second-order valence-electron chi connectivity index (χ2n) is 7.78. The Bertz CT molecular complexity index is 798. The summed E-state index contributed by atoms with van der Waals surface area (Å²) in [6, 6.07) is 11.6. The van der Waals surface area contributed by atoms with Crippen molar-refractivity contribution in [1.82, 2.24) is 19.6 Å². The summed E-state index contributed by atoms with van der Waals surface area (Å²) in [5.41, 5.74) is 4.82. The summed E-state index contributed by atoms with van der Waals surface area (Å²) in [6.07, 6.45) is 2.52. The molecule has 2 aliphatic rings. The highest BCUT2D eigenvalue weighted by atomic mass is 16.2. The van der Waals surface area contributed by atoms with Crippen LogP contribution in [0.4, 0.5) is 0 Å². The van der Waals surface area contributed by atoms with Gasteiger partial charge in [0.05, 0.1) is 5.69 Å². The fourth-order valence-corrected chi connectivity index (χ4v) is 4.62. The fraction of sp³-hybridized carbons (Fsp3) is 0.524. The molecular weight excluding hydrogens is 324 g/mol. The largest absolute Gasteiger partial charge is 0.337 e. The monoisotopic (exact) mass is 352 g/mol. The molecule has 138 valence electrons. The Kier molecular flexibility index (Phi) is 4.57. The second-order valence-corrected chi connectivity index (χ2v) is 7.78. The number of nitrogens with zero attached hydrogens (tertiary/aromatic N) is 4. The second kappa shape index (κ2) is 6.88. The lowest BCUT2D eigenvalue weighted by Gasteiger charge is -2.34. The third-order valence-corrected chi connectivity index (χ3v) is 6.15. The van der Waals surface area contributed by atoms with Gasteiger partial charge in [-0.2, -0.15) is 5.10 Å². The van der Waals surface area contributed by atoms with Crippen LogP contribution in [0, 0.1) is 13.8 Å². The Hall–Kier alpha value is -2.14. The third kappa shape index (κ3) is 3.16. The maximum Gasteiger partial charge on any atom is 0.223 e. The van der Waals surface area contributed by atoms with Crippen molar-refractivity contribution in [2.75, 3.05) is 13.1 Å².